The van der Waals surface area contributed by atoms with Crippen LogP contribution in [0.1, 0.15) is 38.2 Å². The third-order valence-corrected chi connectivity index (χ3v) is 5.25. The molecule has 3 unspecified atom stereocenters. The lowest BCUT2D eigenvalue weighted by Crippen LogP contribution is -2.47. The van der Waals surface area contributed by atoms with E-state index < -0.39 is 17.5 Å². The number of rotatable bonds is 4. The molecule has 0 saturated carbocycles. The first-order valence-corrected chi connectivity index (χ1v) is 8.55. The van der Waals surface area contributed by atoms with Gasteiger partial charge in [0.05, 0.1) is 0 Å². The fraction of sp³-hybridized carbons (Fsp3) is 0.526. The normalized spacial score (nSPS) is 27.8. The Morgan fingerprint density at radius 1 is 1.20 bits per heavy atom. The summed E-state index contributed by atoms with van der Waals surface area (Å²) in [6, 6.07) is 11.0. The average Bonchev–Trinajstić information content (AvgIpc) is 2.82. The molecule has 2 saturated heterocycles. The van der Waals surface area contributed by atoms with E-state index in [0.717, 1.165) is 25.7 Å². The molecule has 2 aliphatic heterocycles. The summed E-state index contributed by atoms with van der Waals surface area (Å²) in [4.78, 5) is 26.8. The minimum atomic E-state index is -2.06. The van der Waals surface area contributed by atoms with Crippen LogP contribution in [0.15, 0.2) is 30.3 Å². The highest BCUT2D eigenvalue weighted by Crippen LogP contribution is 2.37. The lowest BCUT2D eigenvalue weighted by molar-refractivity contribution is -0.182. The highest BCUT2D eigenvalue weighted by Gasteiger charge is 2.49. The maximum Gasteiger partial charge on any atom is 0.371 e. The molecular weight excluding hydrogens is 320 g/mol. The fourth-order valence-corrected chi connectivity index (χ4v) is 3.93. The highest BCUT2D eigenvalue weighted by molar-refractivity contribution is 5.87. The van der Waals surface area contributed by atoms with Crippen molar-refractivity contribution in [2.45, 2.75) is 56.4 Å². The minimum Gasteiger partial charge on any atom is -0.458 e. The first-order valence-electron chi connectivity index (χ1n) is 8.55. The van der Waals surface area contributed by atoms with E-state index >= 15 is 0 Å². The summed E-state index contributed by atoms with van der Waals surface area (Å²) >= 11 is 0. The highest BCUT2D eigenvalue weighted by atomic mass is 16.6. The van der Waals surface area contributed by atoms with Crippen LogP contribution in [0.25, 0.3) is 0 Å². The van der Waals surface area contributed by atoms with Crippen molar-refractivity contribution in [3.05, 3.63) is 35.9 Å². The fourth-order valence-electron chi connectivity index (χ4n) is 3.93. The lowest BCUT2D eigenvalue weighted by Gasteiger charge is -2.37. The number of carbonyl (C=O) groups excluding carboxylic acids is 2. The monoisotopic (exact) mass is 342 g/mol. The quantitative estimate of drug-likeness (QED) is 0.780. The van der Waals surface area contributed by atoms with Crippen molar-refractivity contribution < 1.29 is 19.1 Å². The molecule has 6 heteroatoms. The predicted octanol–water partition coefficient (Wildman–Crippen LogP) is 2.14. The maximum absolute atomic E-state index is 12.9. The number of carbonyl (C=O) groups is 2. The molecule has 0 spiro atoms. The molecule has 2 aliphatic rings. The van der Waals surface area contributed by atoms with Gasteiger partial charge in [0.15, 0.2) is 0 Å². The smallest absolute Gasteiger partial charge is 0.371 e. The number of esters is 2. The van der Waals surface area contributed by atoms with E-state index in [2.05, 4.69) is 11.9 Å². The Morgan fingerprint density at radius 2 is 1.80 bits per heavy atom. The van der Waals surface area contributed by atoms with Crippen LogP contribution in [0.5, 0.6) is 0 Å². The molecule has 0 radical (unpaired) electrons. The van der Waals surface area contributed by atoms with Crippen molar-refractivity contribution in [3.8, 4) is 6.07 Å². The zero-order valence-corrected chi connectivity index (χ0v) is 14.5. The van der Waals surface area contributed by atoms with Gasteiger partial charge in [0, 0.05) is 24.6 Å². The van der Waals surface area contributed by atoms with Gasteiger partial charge in [-0.2, -0.15) is 5.26 Å². The molecule has 132 valence electrons. The molecule has 2 fully saturated rings. The van der Waals surface area contributed by atoms with Crippen molar-refractivity contribution >= 4 is 11.9 Å². The van der Waals surface area contributed by atoms with E-state index in [0.29, 0.717) is 17.6 Å². The number of piperidine rings is 1. The number of nitriles is 1. The van der Waals surface area contributed by atoms with Gasteiger partial charge in [0.2, 0.25) is 0 Å². The summed E-state index contributed by atoms with van der Waals surface area (Å²) in [5, 5.41) is 9.70. The standard InChI is InChI=1S/C19H22N2O4/c1-13(22)25-19(12-20,14-6-4-3-5-7-14)18(23)24-17-10-15-8-9-16(11-17)21(15)2/h3-7,15-17H,8-11H2,1-2H3. The Labute approximate surface area is 147 Å². The first kappa shape index (κ1) is 17.4. The Balaban J connectivity index is 1.83. The van der Waals surface area contributed by atoms with Crippen molar-refractivity contribution in [1.82, 2.24) is 4.90 Å². The molecule has 1 aromatic rings. The van der Waals surface area contributed by atoms with Crippen LogP contribution in [0.4, 0.5) is 0 Å². The number of hydrogen-bond donors (Lipinski definition) is 0. The molecule has 0 aromatic heterocycles. The van der Waals surface area contributed by atoms with E-state index in [1.165, 1.54) is 6.92 Å². The Hall–Kier alpha value is -2.39. The molecule has 2 heterocycles. The summed E-state index contributed by atoms with van der Waals surface area (Å²) < 4.78 is 10.8. The van der Waals surface area contributed by atoms with E-state index in [1.807, 2.05) is 6.07 Å². The van der Waals surface area contributed by atoms with Crippen LogP contribution in [0.2, 0.25) is 0 Å². The summed E-state index contributed by atoms with van der Waals surface area (Å²) in [6.07, 6.45) is 3.43. The third kappa shape index (κ3) is 3.24. The molecule has 0 N–H and O–H groups in total. The number of nitrogens with zero attached hydrogens (tertiary/aromatic N) is 2. The minimum absolute atomic E-state index is 0.256. The second-order valence-electron chi connectivity index (χ2n) is 6.80. The Bertz CT molecular complexity index is 685. The second-order valence-corrected chi connectivity index (χ2v) is 6.80. The van der Waals surface area contributed by atoms with Crippen LogP contribution in [-0.4, -0.2) is 42.1 Å². The summed E-state index contributed by atoms with van der Waals surface area (Å²) in [7, 11) is 2.10. The van der Waals surface area contributed by atoms with Crippen LogP contribution in [0.3, 0.4) is 0 Å². The van der Waals surface area contributed by atoms with Crippen LogP contribution in [-0.2, 0) is 24.7 Å². The molecule has 2 bridgehead atoms. The molecule has 1 aromatic carbocycles. The largest absolute Gasteiger partial charge is 0.458 e. The second kappa shape index (κ2) is 6.85. The topological polar surface area (TPSA) is 79.6 Å². The van der Waals surface area contributed by atoms with Crippen molar-refractivity contribution in [1.29, 1.82) is 5.26 Å². The van der Waals surface area contributed by atoms with E-state index in [4.69, 9.17) is 9.47 Å². The summed E-state index contributed by atoms with van der Waals surface area (Å²) in [5.41, 5.74) is -1.76. The van der Waals surface area contributed by atoms with Gasteiger partial charge in [-0.25, -0.2) is 4.79 Å². The average molecular weight is 342 g/mol. The zero-order chi connectivity index (χ0) is 18.0. The molecule has 6 nitrogen and oxygen atoms in total. The SMILES string of the molecule is CC(=O)OC(C#N)(C(=O)OC1CC2CCC(C1)N2C)c1ccccc1. The summed E-state index contributed by atoms with van der Waals surface area (Å²) in [5.74, 6) is -1.52. The van der Waals surface area contributed by atoms with Crippen LogP contribution < -0.4 is 0 Å². The molecule has 3 atom stereocenters. The number of ether oxygens (including phenoxy) is 2. The molecule has 3 rings (SSSR count). The molecule has 25 heavy (non-hydrogen) atoms. The Morgan fingerprint density at radius 3 is 2.32 bits per heavy atom. The van der Waals surface area contributed by atoms with Gasteiger partial charge in [-0.05, 0) is 32.7 Å². The van der Waals surface area contributed by atoms with Crippen molar-refractivity contribution in [3.63, 3.8) is 0 Å². The van der Waals surface area contributed by atoms with E-state index in [-0.39, 0.29) is 6.10 Å². The lowest BCUT2D eigenvalue weighted by atomic mass is 9.94. The van der Waals surface area contributed by atoms with Crippen molar-refractivity contribution in [2.24, 2.45) is 0 Å². The maximum atomic E-state index is 12.9. The first-order chi connectivity index (χ1) is 12.0. The third-order valence-electron chi connectivity index (χ3n) is 5.25. The Kier molecular flexibility index (Phi) is 4.78. The van der Waals surface area contributed by atoms with Crippen molar-refractivity contribution in [2.75, 3.05) is 7.05 Å². The number of hydrogen-bond acceptors (Lipinski definition) is 6. The summed E-state index contributed by atoms with van der Waals surface area (Å²) in [6.45, 7) is 1.18. The van der Waals surface area contributed by atoms with E-state index in [1.54, 1.807) is 30.3 Å². The zero-order valence-electron chi connectivity index (χ0n) is 14.5. The van der Waals surface area contributed by atoms with Gasteiger partial charge < -0.3 is 14.4 Å². The van der Waals surface area contributed by atoms with Gasteiger partial charge in [0.25, 0.3) is 0 Å². The molecule has 0 aliphatic carbocycles. The molecule has 0 amide bonds. The van der Waals surface area contributed by atoms with Crippen LogP contribution >= 0.6 is 0 Å². The molecular formula is C19H22N2O4. The van der Waals surface area contributed by atoms with Gasteiger partial charge >= 0.3 is 17.5 Å². The van der Waals surface area contributed by atoms with Gasteiger partial charge in [-0.15, -0.1) is 0 Å². The van der Waals surface area contributed by atoms with Crippen LogP contribution in [0, 0.1) is 11.3 Å². The van der Waals surface area contributed by atoms with Gasteiger partial charge in [-0.1, -0.05) is 30.3 Å². The predicted molar refractivity (Wildman–Crippen MR) is 89.2 cm³/mol. The number of benzene rings is 1. The van der Waals surface area contributed by atoms with E-state index in [9.17, 15) is 14.9 Å². The van der Waals surface area contributed by atoms with Gasteiger partial charge in [0.1, 0.15) is 12.2 Å². The number of fused-ring (bicyclic) bond motifs is 2. The van der Waals surface area contributed by atoms with Gasteiger partial charge in [-0.3, -0.25) is 4.79 Å².